The van der Waals surface area contributed by atoms with Crippen LogP contribution in [0.4, 0.5) is 5.69 Å². The average Bonchev–Trinajstić information content (AvgIpc) is 2.29. The summed E-state index contributed by atoms with van der Waals surface area (Å²) in [5.41, 5.74) is 0.822. The molecule has 0 radical (unpaired) electrons. The molecule has 80 valence electrons. The lowest BCUT2D eigenvalue weighted by Crippen LogP contribution is -2.06. The van der Waals surface area contributed by atoms with Crippen LogP contribution in [0.2, 0.25) is 0 Å². The molecule has 16 heavy (non-hydrogen) atoms. The lowest BCUT2D eigenvalue weighted by atomic mass is 9.96. The van der Waals surface area contributed by atoms with Crippen molar-refractivity contribution in [1.29, 1.82) is 5.39 Å². The molecule has 2 rings (SSSR count). The van der Waals surface area contributed by atoms with Gasteiger partial charge in [-0.3, -0.25) is 0 Å². The van der Waals surface area contributed by atoms with Crippen molar-refractivity contribution in [1.82, 2.24) is 0 Å². The highest BCUT2D eigenvalue weighted by Crippen LogP contribution is 2.35. The Kier molecular flexibility index (Phi) is 2.46. The predicted octanol–water partition coefficient (Wildman–Crippen LogP) is 1.69. The topological polar surface area (TPSA) is 82.5 Å². The fourth-order valence-electron chi connectivity index (χ4n) is 1.64. The molecule has 6 heteroatoms. The third-order valence-corrected chi connectivity index (χ3v) is 3.18. The maximum absolute atomic E-state index is 11.0. The molecule has 0 aliphatic heterocycles. The van der Waals surface area contributed by atoms with E-state index in [0.717, 1.165) is 0 Å². The summed E-state index contributed by atoms with van der Waals surface area (Å²) in [5.74, 6) is -0.223. The number of nitrogens with zero attached hydrogens (tertiary/aromatic N) is 2. The molecule has 0 aromatic heterocycles. The molecule has 5 nitrogen and oxygen atoms in total. The van der Waals surface area contributed by atoms with Crippen LogP contribution in [0.3, 0.4) is 0 Å². The summed E-state index contributed by atoms with van der Waals surface area (Å²) in [7, 11) is -2.32. The van der Waals surface area contributed by atoms with E-state index in [4.69, 9.17) is 5.39 Å². The van der Waals surface area contributed by atoms with Crippen LogP contribution in [0.25, 0.3) is 11.1 Å². The second-order valence-corrected chi connectivity index (χ2v) is 4.22. The zero-order valence-corrected chi connectivity index (χ0v) is 8.90. The van der Waals surface area contributed by atoms with Gasteiger partial charge in [-0.2, -0.15) is 8.42 Å². The number of fused-ring (bicyclic) bond motifs is 1. The highest BCUT2D eigenvalue weighted by atomic mass is 32.2. The average molecular weight is 235 g/mol. The Morgan fingerprint density at radius 1 is 1.38 bits per heavy atom. The first-order valence-electron chi connectivity index (χ1n) is 4.48. The second kappa shape index (κ2) is 3.79. The third-order valence-electron chi connectivity index (χ3n) is 2.39. The highest BCUT2D eigenvalue weighted by molar-refractivity contribution is 7.73. The van der Waals surface area contributed by atoms with Gasteiger partial charge in [0.15, 0.2) is 4.98 Å². The van der Waals surface area contributed by atoms with Gasteiger partial charge in [-0.15, -0.1) is 0 Å². The SMILES string of the molecule is N#[N+]c1ccc2c(c1O)C=CCC2=S(=O)=O. The van der Waals surface area contributed by atoms with Gasteiger partial charge in [0.25, 0.3) is 0 Å². The monoisotopic (exact) mass is 235 g/mol. The maximum Gasteiger partial charge on any atom is 0.426 e. The van der Waals surface area contributed by atoms with Crippen molar-refractivity contribution in [2.45, 2.75) is 6.42 Å². The highest BCUT2D eigenvalue weighted by Gasteiger charge is 2.23. The first-order valence-corrected chi connectivity index (χ1v) is 5.55. The van der Waals surface area contributed by atoms with Crippen LogP contribution >= 0.6 is 0 Å². The number of diazo groups is 1. The number of rotatable bonds is 0. The van der Waals surface area contributed by atoms with Gasteiger partial charge >= 0.3 is 5.69 Å². The van der Waals surface area contributed by atoms with Crippen LogP contribution in [-0.2, 0) is 10.3 Å². The van der Waals surface area contributed by atoms with Crippen molar-refractivity contribution in [3.8, 4) is 5.75 Å². The number of phenols is 1. The maximum atomic E-state index is 11.0. The quantitative estimate of drug-likeness (QED) is 0.548. The Labute approximate surface area is 92.8 Å². The lowest BCUT2D eigenvalue weighted by Gasteiger charge is -2.10. The Bertz CT molecular complexity index is 658. The van der Waals surface area contributed by atoms with E-state index in [2.05, 4.69) is 4.98 Å². The predicted molar refractivity (Wildman–Crippen MR) is 59.5 cm³/mol. The molecule has 0 bridgehead atoms. The van der Waals surface area contributed by atoms with Crippen molar-refractivity contribution in [3.05, 3.63) is 34.3 Å². The number of phenolic OH excluding ortho intramolecular Hbond substituents is 1. The molecule has 0 amide bonds. The minimum atomic E-state index is -2.32. The molecule has 1 N–H and O–H groups in total. The van der Waals surface area contributed by atoms with Gasteiger partial charge < -0.3 is 5.11 Å². The number of benzene rings is 1. The van der Waals surface area contributed by atoms with Crippen LogP contribution < -0.4 is 0 Å². The molecule has 0 unspecified atom stereocenters. The molecule has 1 aromatic rings. The van der Waals surface area contributed by atoms with E-state index in [1.165, 1.54) is 12.1 Å². The minimum absolute atomic E-state index is 0.0151. The first kappa shape index (κ1) is 10.4. The molecular formula is C10H7N2O3S+. The summed E-state index contributed by atoms with van der Waals surface area (Å²) in [6.45, 7) is 0. The van der Waals surface area contributed by atoms with Gasteiger partial charge in [-0.05, 0) is 6.07 Å². The first-order chi connectivity index (χ1) is 7.65. The molecule has 1 aromatic carbocycles. The van der Waals surface area contributed by atoms with Gasteiger partial charge in [0.05, 0.1) is 4.86 Å². The van der Waals surface area contributed by atoms with Gasteiger partial charge in [0.2, 0.25) is 21.4 Å². The van der Waals surface area contributed by atoms with E-state index in [1.807, 2.05) is 0 Å². The smallest absolute Gasteiger partial charge is 0.426 e. The van der Waals surface area contributed by atoms with Gasteiger partial charge in [-0.1, -0.05) is 12.2 Å². The van der Waals surface area contributed by atoms with Gasteiger partial charge in [0.1, 0.15) is 0 Å². The summed E-state index contributed by atoms with van der Waals surface area (Å²) >= 11 is 0. The third kappa shape index (κ3) is 1.47. The van der Waals surface area contributed by atoms with Crippen LogP contribution in [0.5, 0.6) is 5.75 Å². The summed E-state index contributed by atoms with van der Waals surface area (Å²) in [6, 6.07) is 2.87. The van der Waals surface area contributed by atoms with E-state index in [1.54, 1.807) is 12.2 Å². The number of hydrogen-bond donors (Lipinski definition) is 1. The summed E-state index contributed by atoms with van der Waals surface area (Å²) in [6.07, 6.45) is 3.54. The largest absolute Gasteiger partial charge is 0.501 e. The van der Waals surface area contributed by atoms with E-state index in [9.17, 15) is 13.5 Å². The van der Waals surface area contributed by atoms with E-state index < -0.39 is 10.3 Å². The Morgan fingerprint density at radius 2 is 2.12 bits per heavy atom. The summed E-state index contributed by atoms with van der Waals surface area (Å²) in [4.78, 5) is 3.12. The standard InChI is InChI=1S/C10H6N2O3S/c11-12-8-5-4-6-7(10(8)13)2-1-3-9(6)16(14)15/h1-2,4-5H,3H2/p+1. The molecule has 1 aliphatic rings. The fourth-order valence-corrected chi connectivity index (χ4v) is 2.23. The Balaban J connectivity index is 2.83. The molecule has 1 aliphatic carbocycles. The molecule has 0 saturated carbocycles. The molecule has 0 atom stereocenters. The van der Waals surface area contributed by atoms with Crippen molar-refractivity contribution < 1.29 is 13.5 Å². The van der Waals surface area contributed by atoms with E-state index in [0.29, 0.717) is 17.5 Å². The zero-order chi connectivity index (χ0) is 11.7. The van der Waals surface area contributed by atoms with Crippen LogP contribution in [-0.4, -0.2) is 18.4 Å². The molecule has 0 fully saturated rings. The van der Waals surface area contributed by atoms with Crippen molar-refractivity contribution in [2.75, 3.05) is 0 Å². The lowest BCUT2D eigenvalue weighted by molar-refractivity contribution is 0.477. The molecule has 0 spiro atoms. The number of allylic oxidation sites excluding steroid dienone is 1. The Hall–Kier alpha value is -2.13. The second-order valence-electron chi connectivity index (χ2n) is 3.26. The normalized spacial score (nSPS) is 13.1. The van der Waals surface area contributed by atoms with Gasteiger partial charge in [0, 0.05) is 23.6 Å². The number of aromatic hydroxyl groups is 1. The van der Waals surface area contributed by atoms with Crippen molar-refractivity contribution >= 4 is 26.9 Å². The fraction of sp³-hybridized carbons (Fsp3) is 0.100. The summed E-state index contributed by atoms with van der Waals surface area (Å²) < 4.78 is 21.9. The van der Waals surface area contributed by atoms with E-state index >= 15 is 0 Å². The molecular weight excluding hydrogens is 228 g/mol. The summed E-state index contributed by atoms with van der Waals surface area (Å²) in [5, 5.41) is 18.3. The van der Waals surface area contributed by atoms with Crippen LogP contribution in [0.1, 0.15) is 17.5 Å². The van der Waals surface area contributed by atoms with E-state index in [-0.39, 0.29) is 16.3 Å². The van der Waals surface area contributed by atoms with Gasteiger partial charge in [-0.25, -0.2) is 0 Å². The van der Waals surface area contributed by atoms with Crippen molar-refractivity contribution in [2.24, 2.45) is 0 Å². The molecule has 0 saturated heterocycles. The zero-order valence-electron chi connectivity index (χ0n) is 8.08. The molecule has 0 heterocycles. The van der Waals surface area contributed by atoms with Crippen molar-refractivity contribution in [3.63, 3.8) is 0 Å². The minimum Gasteiger partial charge on any atom is -0.501 e. The van der Waals surface area contributed by atoms with Crippen LogP contribution in [0.15, 0.2) is 18.2 Å². The number of hydrogen-bond acceptors (Lipinski definition) is 4. The Morgan fingerprint density at radius 3 is 2.75 bits per heavy atom. The van der Waals surface area contributed by atoms with Crippen LogP contribution in [0, 0.1) is 5.39 Å².